The lowest BCUT2D eigenvalue weighted by atomic mass is 10.0. The Morgan fingerprint density at radius 1 is 1.33 bits per heavy atom. The summed E-state index contributed by atoms with van der Waals surface area (Å²) in [6.07, 6.45) is 0. The van der Waals surface area contributed by atoms with Gasteiger partial charge in [-0.15, -0.1) is 0 Å². The third-order valence-corrected chi connectivity index (χ3v) is 4.66. The van der Waals surface area contributed by atoms with Crippen molar-refractivity contribution in [2.45, 2.75) is 46.1 Å². The maximum Gasteiger partial charge on any atom is 0.230 e. The molecule has 0 bridgehead atoms. The summed E-state index contributed by atoms with van der Waals surface area (Å²) in [5.74, 6) is 1.50. The van der Waals surface area contributed by atoms with Crippen LogP contribution < -0.4 is 5.73 Å². The van der Waals surface area contributed by atoms with Gasteiger partial charge in [0.05, 0.1) is 6.61 Å². The lowest BCUT2D eigenvalue weighted by Crippen LogP contribution is -2.39. The fourth-order valence-corrected chi connectivity index (χ4v) is 2.76. The van der Waals surface area contributed by atoms with Gasteiger partial charge in [-0.3, -0.25) is 0 Å². The average Bonchev–Trinajstić information content (AvgIpc) is 2.60. The zero-order chi connectivity index (χ0) is 13.8. The van der Waals surface area contributed by atoms with Gasteiger partial charge in [-0.25, -0.2) is 0 Å². The van der Waals surface area contributed by atoms with E-state index in [4.69, 9.17) is 15.0 Å². The van der Waals surface area contributed by atoms with Crippen molar-refractivity contribution >= 4 is 0 Å². The largest absolute Gasteiger partial charge is 0.382 e. The Balaban J connectivity index is 2.23. The summed E-state index contributed by atoms with van der Waals surface area (Å²) < 4.78 is 10.5. The first kappa shape index (κ1) is 13.5. The maximum absolute atomic E-state index is 6.11. The fraction of sp³-hybridized carbons (Fsp3) is 0.846. The number of nitrogens with zero attached hydrogens (tertiary/aromatic N) is 2. The summed E-state index contributed by atoms with van der Waals surface area (Å²) >= 11 is 0. The minimum atomic E-state index is -0.709. The molecule has 1 atom stereocenters. The molecule has 1 aliphatic rings. The molecule has 18 heavy (non-hydrogen) atoms. The zero-order valence-corrected chi connectivity index (χ0v) is 12.1. The van der Waals surface area contributed by atoms with Crippen LogP contribution in [0.4, 0.5) is 0 Å². The van der Waals surface area contributed by atoms with E-state index in [1.54, 1.807) is 7.11 Å². The van der Waals surface area contributed by atoms with E-state index in [1.165, 1.54) is 0 Å². The first-order chi connectivity index (χ1) is 8.14. The van der Waals surface area contributed by atoms with Crippen LogP contribution in [-0.4, -0.2) is 23.9 Å². The van der Waals surface area contributed by atoms with Gasteiger partial charge in [0.25, 0.3) is 0 Å². The summed E-state index contributed by atoms with van der Waals surface area (Å²) in [4.78, 5) is 4.47. The molecule has 1 aromatic heterocycles. The Bertz CT molecular complexity index is 435. The van der Waals surface area contributed by atoms with E-state index < -0.39 is 5.54 Å². The highest BCUT2D eigenvalue weighted by atomic mass is 16.5. The highest BCUT2D eigenvalue weighted by molar-refractivity contribution is 5.25. The number of nitrogens with two attached hydrogens (primary N) is 1. The van der Waals surface area contributed by atoms with Crippen LogP contribution in [0.25, 0.3) is 0 Å². The van der Waals surface area contributed by atoms with E-state index in [0.717, 1.165) is 0 Å². The second-order valence-corrected chi connectivity index (χ2v) is 6.68. The van der Waals surface area contributed by atoms with Crippen molar-refractivity contribution in [1.82, 2.24) is 10.1 Å². The van der Waals surface area contributed by atoms with Crippen LogP contribution in [0.15, 0.2) is 4.52 Å². The molecule has 1 heterocycles. The van der Waals surface area contributed by atoms with Crippen molar-refractivity contribution in [3.05, 3.63) is 11.7 Å². The van der Waals surface area contributed by atoms with Crippen molar-refractivity contribution in [2.24, 2.45) is 16.6 Å². The number of hydrogen-bond acceptors (Lipinski definition) is 5. The zero-order valence-electron chi connectivity index (χ0n) is 12.1. The van der Waals surface area contributed by atoms with Gasteiger partial charge in [0.2, 0.25) is 5.89 Å². The lowest BCUT2D eigenvalue weighted by molar-refractivity contribution is 0.135. The number of methoxy groups -OCH3 is 1. The van der Waals surface area contributed by atoms with Crippen LogP contribution in [0.2, 0.25) is 0 Å². The third kappa shape index (κ3) is 1.77. The van der Waals surface area contributed by atoms with Gasteiger partial charge in [0, 0.05) is 13.0 Å². The number of aromatic nitrogens is 2. The molecular formula is C13H23N3O2. The summed E-state index contributed by atoms with van der Waals surface area (Å²) in [7, 11) is 1.61. The van der Waals surface area contributed by atoms with Gasteiger partial charge in [0.1, 0.15) is 5.54 Å². The monoisotopic (exact) mass is 253 g/mol. The molecule has 1 saturated carbocycles. The van der Waals surface area contributed by atoms with Gasteiger partial charge in [-0.1, -0.05) is 32.9 Å². The molecule has 0 radical (unpaired) electrons. The van der Waals surface area contributed by atoms with E-state index in [0.29, 0.717) is 24.2 Å². The van der Waals surface area contributed by atoms with E-state index in [9.17, 15) is 0 Å². The quantitative estimate of drug-likeness (QED) is 0.888. The van der Waals surface area contributed by atoms with Gasteiger partial charge >= 0.3 is 0 Å². The first-order valence-corrected chi connectivity index (χ1v) is 6.26. The van der Waals surface area contributed by atoms with Gasteiger partial charge < -0.3 is 15.0 Å². The summed E-state index contributed by atoms with van der Waals surface area (Å²) in [6.45, 7) is 11.1. The van der Waals surface area contributed by atoms with Crippen LogP contribution in [0.3, 0.4) is 0 Å². The van der Waals surface area contributed by atoms with Crippen LogP contribution in [-0.2, 0) is 10.3 Å². The molecule has 1 aliphatic carbocycles. The summed E-state index contributed by atoms with van der Waals surface area (Å²) in [6, 6.07) is 0. The Morgan fingerprint density at radius 2 is 1.89 bits per heavy atom. The Hall–Kier alpha value is -0.940. The number of hydrogen-bond donors (Lipinski definition) is 1. The molecule has 0 aromatic carbocycles. The first-order valence-electron chi connectivity index (χ1n) is 6.26. The predicted molar refractivity (Wildman–Crippen MR) is 68.0 cm³/mol. The van der Waals surface area contributed by atoms with Gasteiger partial charge in [-0.2, -0.15) is 4.98 Å². The topological polar surface area (TPSA) is 74.2 Å². The van der Waals surface area contributed by atoms with E-state index in [1.807, 2.05) is 6.92 Å². The van der Waals surface area contributed by atoms with Crippen LogP contribution in [0, 0.1) is 10.8 Å². The van der Waals surface area contributed by atoms with Crippen molar-refractivity contribution in [3.63, 3.8) is 0 Å². The molecule has 0 saturated heterocycles. The minimum Gasteiger partial charge on any atom is -0.382 e. The second kappa shape index (κ2) is 3.78. The van der Waals surface area contributed by atoms with Crippen molar-refractivity contribution in [2.75, 3.05) is 13.7 Å². The van der Waals surface area contributed by atoms with Crippen LogP contribution in [0.5, 0.6) is 0 Å². The molecule has 0 aliphatic heterocycles. The lowest BCUT2D eigenvalue weighted by Gasteiger charge is -2.18. The molecule has 1 unspecified atom stereocenters. The summed E-state index contributed by atoms with van der Waals surface area (Å²) in [5.41, 5.74) is 5.77. The number of ether oxygens (including phenoxy) is 1. The smallest absolute Gasteiger partial charge is 0.230 e. The molecule has 102 valence electrons. The molecule has 0 amide bonds. The highest BCUT2D eigenvalue weighted by Crippen LogP contribution is 2.73. The molecule has 5 nitrogen and oxygen atoms in total. The second-order valence-electron chi connectivity index (χ2n) is 6.68. The standard InChI is InChI=1S/C13H23N3O2/c1-11(2)8(12(11,3)4)9-15-10(16-18-9)13(5,14)7-17-6/h8H,7,14H2,1-6H3. The van der Waals surface area contributed by atoms with E-state index in [2.05, 4.69) is 37.8 Å². The molecule has 1 aromatic rings. The molecule has 1 fully saturated rings. The van der Waals surface area contributed by atoms with Gasteiger partial charge in [-0.05, 0) is 17.8 Å². The normalized spacial score (nSPS) is 24.8. The molecule has 2 rings (SSSR count). The Morgan fingerprint density at radius 3 is 2.33 bits per heavy atom. The Kier molecular flexibility index (Phi) is 2.83. The Labute approximate surface area is 108 Å². The van der Waals surface area contributed by atoms with Gasteiger partial charge in [0.15, 0.2) is 5.82 Å². The van der Waals surface area contributed by atoms with Crippen molar-refractivity contribution in [1.29, 1.82) is 0 Å². The van der Waals surface area contributed by atoms with Crippen LogP contribution >= 0.6 is 0 Å². The summed E-state index contributed by atoms with van der Waals surface area (Å²) in [5, 5.41) is 4.01. The minimum absolute atomic E-state index is 0.184. The van der Waals surface area contributed by atoms with E-state index in [-0.39, 0.29) is 10.8 Å². The van der Waals surface area contributed by atoms with Crippen molar-refractivity contribution in [3.8, 4) is 0 Å². The predicted octanol–water partition coefficient (Wildman–Crippen LogP) is 2.04. The number of rotatable bonds is 4. The van der Waals surface area contributed by atoms with E-state index >= 15 is 0 Å². The fourth-order valence-electron chi connectivity index (χ4n) is 2.76. The molecule has 0 spiro atoms. The highest BCUT2D eigenvalue weighted by Gasteiger charge is 2.68. The SMILES string of the molecule is COCC(C)(N)c1noc(C2C(C)(C)C2(C)C)n1. The molecule has 5 heteroatoms. The average molecular weight is 253 g/mol. The molecular weight excluding hydrogens is 230 g/mol. The maximum atomic E-state index is 6.11. The van der Waals surface area contributed by atoms with Crippen LogP contribution in [0.1, 0.15) is 52.3 Å². The van der Waals surface area contributed by atoms with Crippen molar-refractivity contribution < 1.29 is 9.26 Å². The molecule has 2 N–H and O–H groups in total. The third-order valence-electron chi connectivity index (χ3n) is 4.66.